The molecule has 1 aliphatic heterocycles. The third-order valence-electron chi connectivity index (χ3n) is 5.03. The smallest absolute Gasteiger partial charge is 0.416 e. The zero-order valence-electron chi connectivity index (χ0n) is 16.2. The molecule has 1 N–H and O–H groups in total. The molecule has 0 spiro atoms. The van der Waals surface area contributed by atoms with Crippen molar-refractivity contribution in [2.75, 3.05) is 19.5 Å². The maximum absolute atomic E-state index is 13.1. The molecule has 0 saturated heterocycles. The number of para-hydroxylation sites is 1. The number of amides is 1. The molecule has 156 valence electrons. The van der Waals surface area contributed by atoms with Gasteiger partial charge in [-0.1, -0.05) is 18.2 Å². The molecule has 6 nitrogen and oxygen atoms in total. The van der Waals surface area contributed by atoms with E-state index in [1.165, 1.54) is 37.2 Å². The number of hydrogen-bond donors (Lipinski definition) is 1. The van der Waals surface area contributed by atoms with E-state index in [1.807, 2.05) is 6.07 Å². The zero-order chi connectivity index (χ0) is 21.5. The van der Waals surface area contributed by atoms with Crippen LogP contribution < -0.4 is 14.8 Å². The lowest BCUT2D eigenvalue weighted by Gasteiger charge is -2.25. The predicted octanol–water partition coefficient (Wildman–Crippen LogP) is 4.38. The molecule has 0 saturated carbocycles. The summed E-state index contributed by atoms with van der Waals surface area (Å²) in [6, 6.07) is 10.2. The number of alkyl halides is 3. The molecule has 0 fully saturated rings. The van der Waals surface area contributed by atoms with E-state index < -0.39 is 17.7 Å². The number of carbonyl (C=O) groups excluding carboxylic acids is 1. The lowest BCUT2D eigenvalue weighted by atomic mass is 9.89. The van der Waals surface area contributed by atoms with Crippen LogP contribution in [0.25, 0.3) is 5.69 Å². The maximum Gasteiger partial charge on any atom is 0.416 e. The van der Waals surface area contributed by atoms with E-state index in [0.29, 0.717) is 28.6 Å². The van der Waals surface area contributed by atoms with Gasteiger partial charge in [0.15, 0.2) is 11.5 Å². The van der Waals surface area contributed by atoms with Crippen LogP contribution in [0.15, 0.2) is 48.8 Å². The van der Waals surface area contributed by atoms with Crippen molar-refractivity contribution in [1.82, 2.24) is 9.55 Å². The zero-order valence-corrected chi connectivity index (χ0v) is 16.2. The van der Waals surface area contributed by atoms with E-state index in [9.17, 15) is 18.0 Å². The summed E-state index contributed by atoms with van der Waals surface area (Å²) in [4.78, 5) is 16.9. The summed E-state index contributed by atoms with van der Waals surface area (Å²) in [6.45, 7) is 0. The summed E-state index contributed by atoms with van der Waals surface area (Å²) in [6.07, 6.45) is -2.95. The van der Waals surface area contributed by atoms with Crippen molar-refractivity contribution in [3.8, 4) is 17.2 Å². The fourth-order valence-electron chi connectivity index (χ4n) is 3.68. The molecule has 4 rings (SSSR count). The van der Waals surface area contributed by atoms with Crippen LogP contribution in [0.3, 0.4) is 0 Å². The number of hydrogen-bond acceptors (Lipinski definition) is 4. The first-order valence-corrected chi connectivity index (χ1v) is 9.09. The Morgan fingerprint density at radius 2 is 1.90 bits per heavy atom. The van der Waals surface area contributed by atoms with Crippen molar-refractivity contribution in [3.05, 3.63) is 65.6 Å². The summed E-state index contributed by atoms with van der Waals surface area (Å²) in [5.41, 5.74) is 0.716. The Hall–Kier alpha value is -3.49. The molecule has 1 aliphatic rings. The van der Waals surface area contributed by atoms with Crippen LogP contribution in [0.1, 0.15) is 29.2 Å². The topological polar surface area (TPSA) is 65.4 Å². The highest BCUT2D eigenvalue weighted by molar-refractivity contribution is 5.94. The SMILES string of the molecule is COc1cccc([C@@H]2CC(=O)Nc3c2ncn3-c2cccc(C(F)(F)F)c2)c1OC. The van der Waals surface area contributed by atoms with Crippen molar-refractivity contribution >= 4 is 11.7 Å². The summed E-state index contributed by atoms with van der Waals surface area (Å²) in [5.74, 6) is 0.622. The number of methoxy groups -OCH3 is 2. The average molecular weight is 417 g/mol. The molecule has 0 unspecified atom stereocenters. The fourth-order valence-corrected chi connectivity index (χ4v) is 3.68. The molecule has 30 heavy (non-hydrogen) atoms. The number of ether oxygens (including phenoxy) is 2. The summed E-state index contributed by atoms with van der Waals surface area (Å²) in [5, 5.41) is 2.74. The fraction of sp³-hybridized carbons (Fsp3) is 0.238. The highest BCUT2D eigenvalue weighted by atomic mass is 19.4. The van der Waals surface area contributed by atoms with E-state index in [0.717, 1.165) is 12.1 Å². The second-order valence-corrected chi connectivity index (χ2v) is 6.78. The Bertz CT molecular complexity index is 1110. The second kappa shape index (κ2) is 7.40. The second-order valence-electron chi connectivity index (χ2n) is 6.78. The predicted molar refractivity (Wildman–Crippen MR) is 103 cm³/mol. The highest BCUT2D eigenvalue weighted by Crippen LogP contribution is 2.44. The molecule has 3 aromatic rings. The van der Waals surface area contributed by atoms with Gasteiger partial charge in [-0.15, -0.1) is 0 Å². The first-order chi connectivity index (χ1) is 14.3. The van der Waals surface area contributed by atoms with Gasteiger partial charge < -0.3 is 14.8 Å². The van der Waals surface area contributed by atoms with Crippen LogP contribution in [0, 0.1) is 0 Å². The van der Waals surface area contributed by atoms with Crippen molar-refractivity contribution < 1.29 is 27.4 Å². The molecular weight excluding hydrogens is 399 g/mol. The van der Waals surface area contributed by atoms with E-state index in [1.54, 1.807) is 12.1 Å². The number of nitrogens with one attached hydrogen (secondary N) is 1. The van der Waals surface area contributed by atoms with Crippen LogP contribution in [-0.4, -0.2) is 29.7 Å². The van der Waals surface area contributed by atoms with Crippen LogP contribution in [0.5, 0.6) is 11.5 Å². The molecule has 2 aromatic carbocycles. The molecule has 0 aliphatic carbocycles. The van der Waals surface area contributed by atoms with E-state index in [-0.39, 0.29) is 18.0 Å². The van der Waals surface area contributed by atoms with E-state index in [4.69, 9.17) is 9.47 Å². The Morgan fingerprint density at radius 3 is 2.60 bits per heavy atom. The lowest BCUT2D eigenvalue weighted by Crippen LogP contribution is -2.25. The summed E-state index contributed by atoms with van der Waals surface area (Å²) >= 11 is 0. The number of nitrogens with zero attached hydrogens (tertiary/aromatic N) is 2. The van der Waals surface area contributed by atoms with Crippen LogP contribution in [-0.2, 0) is 11.0 Å². The number of benzene rings is 2. The van der Waals surface area contributed by atoms with Crippen molar-refractivity contribution in [2.45, 2.75) is 18.5 Å². The van der Waals surface area contributed by atoms with Crippen molar-refractivity contribution in [2.24, 2.45) is 0 Å². The van der Waals surface area contributed by atoms with Gasteiger partial charge in [-0.2, -0.15) is 13.2 Å². The minimum atomic E-state index is -4.48. The molecule has 1 aromatic heterocycles. The summed E-state index contributed by atoms with van der Waals surface area (Å²) < 4.78 is 51.7. The van der Waals surface area contributed by atoms with E-state index >= 15 is 0 Å². The van der Waals surface area contributed by atoms with Gasteiger partial charge in [-0.05, 0) is 24.3 Å². The first-order valence-electron chi connectivity index (χ1n) is 9.09. The standard InChI is InChI=1S/C21H18F3N3O3/c1-29-16-8-4-7-14(19(16)30-2)15-10-17(28)26-20-18(15)25-11-27(20)13-6-3-5-12(9-13)21(22,23)24/h3-9,11,15H,10H2,1-2H3,(H,26,28)/t15-/m0/s1. The quantitative estimate of drug-likeness (QED) is 0.684. The number of fused-ring (bicyclic) bond motifs is 1. The van der Waals surface area contributed by atoms with Gasteiger partial charge in [0.1, 0.15) is 12.1 Å². The number of carbonyl (C=O) groups is 1. The normalized spacial score (nSPS) is 16.0. The van der Waals surface area contributed by atoms with Gasteiger partial charge in [0, 0.05) is 23.6 Å². The number of halogens is 3. The third-order valence-corrected chi connectivity index (χ3v) is 5.03. The molecular formula is C21H18F3N3O3. The Labute approximate surface area is 170 Å². The molecule has 9 heteroatoms. The van der Waals surface area contributed by atoms with Crippen LogP contribution >= 0.6 is 0 Å². The molecule has 0 radical (unpaired) electrons. The van der Waals surface area contributed by atoms with Crippen LogP contribution in [0.4, 0.5) is 19.0 Å². The number of anilines is 1. The Morgan fingerprint density at radius 1 is 1.13 bits per heavy atom. The average Bonchev–Trinajstić information content (AvgIpc) is 3.15. The monoisotopic (exact) mass is 417 g/mol. The van der Waals surface area contributed by atoms with Gasteiger partial charge in [0.25, 0.3) is 0 Å². The molecule has 1 atom stereocenters. The van der Waals surface area contributed by atoms with Gasteiger partial charge in [-0.25, -0.2) is 4.98 Å². The minimum Gasteiger partial charge on any atom is -0.493 e. The lowest BCUT2D eigenvalue weighted by molar-refractivity contribution is -0.137. The molecule has 0 bridgehead atoms. The largest absolute Gasteiger partial charge is 0.493 e. The maximum atomic E-state index is 13.1. The molecule has 2 heterocycles. The number of imidazole rings is 1. The Balaban J connectivity index is 1.83. The van der Waals surface area contributed by atoms with E-state index in [2.05, 4.69) is 10.3 Å². The van der Waals surface area contributed by atoms with Crippen molar-refractivity contribution in [1.29, 1.82) is 0 Å². The molecule has 1 amide bonds. The van der Waals surface area contributed by atoms with Crippen LogP contribution in [0.2, 0.25) is 0 Å². The minimum absolute atomic E-state index is 0.121. The van der Waals surface area contributed by atoms with Gasteiger partial charge >= 0.3 is 6.18 Å². The van der Waals surface area contributed by atoms with Gasteiger partial charge in [0.2, 0.25) is 5.91 Å². The number of aromatic nitrogens is 2. The van der Waals surface area contributed by atoms with Crippen molar-refractivity contribution in [3.63, 3.8) is 0 Å². The Kier molecular flexibility index (Phi) is 4.89. The highest BCUT2D eigenvalue weighted by Gasteiger charge is 2.34. The van der Waals surface area contributed by atoms with Gasteiger partial charge in [-0.3, -0.25) is 9.36 Å². The number of rotatable bonds is 4. The first kappa shape index (κ1) is 19.8. The third kappa shape index (κ3) is 3.36. The summed E-state index contributed by atoms with van der Waals surface area (Å²) in [7, 11) is 3.02. The van der Waals surface area contributed by atoms with Gasteiger partial charge in [0.05, 0.1) is 25.5 Å².